The normalized spacial score (nSPS) is 25.3. The summed E-state index contributed by atoms with van der Waals surface area (Å²) in [5, 5.41) is 0. The number of benzene rings is 1. The molecule has 0 amide bonds. The third-order valence-corrected chi connectivity index (χ3v) is 4.18. The Morgan fingerprint density at radius 1 is 1.17 bits per heavy atom. The Labute approximate surface area is 115 Å². The first-order valence-corrected chi connectivity index (χ1v) is 7.69. The van der Waals surface area contributed by atoms with Gasteiger partial charge in [0, 0.05) is 30.3 Å². The predicted molar refractivity (Wildman–Crippen MR) is 78.4 cm³/mol. The number of ether oxygens (including phenoxy) is 1. The van der Waals surface area contributed by atoms with Crippen molar-refractivity contribution >= 4 is 11.8 Å². The molecule has 2 rings (SSSR count). The van der Waals surface area contributed by atoms with E-state index in [1.165, 1.54) is 10.5 Å². The smallest absolute Gasteiger partial charge is 0.0678 e. The lowest BCUT2D eigenvalue weighted by Crippen LogP contribution is -2.46. The molecule has 1 aromatic rings. The maximum absolute atomic E-state index is 5.75. The number of rotatable bonds is 4. The highest BCUT2D eigenvalue weighted by atomic mass is 32.2. The van der Waals surface area contributed by atoms with Crippen molar-refractivity contribution < 1.29 is 4.74 Å². The van der Waals surface area contributed by atoms with Crippen molar-refractivity contribution in [1.82, 2.24) is 4.90 Å². The van der Waals surface area contributed by atoms with Crippen LogP contribution in [-0.4, -0.2) is 42.5 Å². The zero-order chi connectivity index (χ0) is 13.0. The topological polar surface area (TPSA) is 12.5 Å². The van der Waals surface area contributed by atoms with Gasteiger partial charge in [0.25, 0.3) is 0 Å². The van der Waals surface area contributed by atoms with Crippen molar-refractivity contribution in [2.75, 3.05) is 25.4 Å². The molecule has 2 atom stereocenters. The van der Waals surface area contributed by atoms with E-state index < -0.39 is 0 Å². The number of aryl methyl sites for hydroxylation is 1. The Hall–Kier alpha value is -0.510. The van der Waals surface area contributed by atoms with Crippen LogP contribution in [0.2, 0.25) is 0 Å². The monoisotopic (exact) mass is 265 g/mol. The molecule has 0 aliphatic carbocycles. The summed E-state index contributed by atoms with van der Waals surface area (Å²) in [5.41, 5.74) is 1.33. The van der Waals surface area contributed by atoms with Crippen LogP contribution in [0, 0.1) is 6.92 Å². The van der Waals surface area contributed by atoms with Gasteiger partial charge in [0.15, 0.2) is 0 Å². The van der Waals surface area contributed by atoms with Crippen LogP contribution < -0.4 is 0 Å². The number of thioether (sulfide) groups is 1. The Morgan fingerprint density at radius 2 is 1.78 bits per heavy atom. The molecular weight excluding hydrogens is 242 g/mol. The second-order valence-corrected chi connectivity index (χ2v) is 6.35. The van der Waals surface area contributed by atoms with Crippen LogP contribution in [0.4, 0.5) is 0 Å². The molecule has 1 saturated heterocycles. The molecule has 2 unspecified atom stereocenters. The van der Waals surface area contributed by atoms with Gasteiger partial charge in [-0.3, -0.25) is 4.90 Å². The minimum Gasteiger partial charge on any atom is -0.373 e. The number of nitrogens with zero attached hydrogens (tertiary/aromatic N) is 1. The predicted octanol–water partition coefficient (Wildman–Crippen LogP) is 3.20. The highest BCUT2D eigenvalue weighted by molar-refractivity contribution is 7.99. The van der Waals surface area contributed by atoms with E-state index in [2.05, 4.69) is 49.9 Å². The molecule has 0 saturated carbocycles. The lowest BCUT2D eigenvalue weighted by molar-refractivity contribution is -0.0661. The number of morpholine rings is 1. The molecule has 0 spiro atoms. The molecule has 0 radical (unpaired) electrons. The highest BCUT2D eigenvalue weighted by Crippen LogP contribution is 2.19. The van der Waals surface area contributed by atoms with E-state index >= 15 is 0 Å². The molecule has 18 heavy (non-hydrogen) atoms. The average Bonchev–Trinajstić information content (AvgIpc) is 2.30. The van der Waals surface area contributed by atoms with E-state index in [1.54, 1.807) is 0 Å². The molecule has 1 heterocycles. The summed E-state index contributed by atoms with van der Waals surface area (Å²) < 4.78 is 5.75. The highest BCUT2D eigenvalue weighted by Gasteiger charge is 2.21. The number of hydrogen-bond donors (Lipinski definition) is 0. The van der Waals surface area contributed by atoms with Gasteiger partial charge in [0.05, 0.1) is 12.2 Å². The van der Waals surface area contributed by atoms with Crippen molar-refractivity contribution in [2.24, 2.45) is 0 Å². The van der Waals surface area contributed by atoms with Gasteiger partial charge in [-0.2, -0.15) is 0 Å². The van der Waals surface area contributed by atoms with E-state index in [-0.39, 0.29) is 0 Å². The molecule has 3 heteroatoms. The second kappa shape index (κ2) is 6.60. The SMILES string of the molecule is Cc1ccc(SCCN2CC(C)OC(C)C2)cc1. The van der Waals surface area contributed by atoms with Crippen LogP contribution in [0.3, 0.4) is 0 Å². The van der Waals surface area contributed by atoms with Crippen molar-refractivity contribution in [2.45, 2.75) is 37.9 Å². The van der Waals surface area contributed by atoms with Crippen molar-refractivity contribution in [1.29, 1.82) is 0 Å². The van der Waals surface area contributed by atoms with E-state index in [1.807, 2.05) is 11.8 Å². The minimum absolute atomic E-state index is 0.373. The van der Waals surface area contributed by atoms with Gasteiger partial charge in [0.2, 0.25) is 0 Å². The molecule has 100 valence electrons. The zero-order valence-corrected chi connectivity index (χ0v) is 12.4. The van der Waals surface area contributed by atoms with Gasteiger partial charge < -0.3 is 4.74 Å². The molecule has 2 nitrogen and oxygen atoms in total. The van der Waals surface area contributed by atoms with Gasteiger partial charge in [-0.05, 0) is 32.9 Å². The van der Waals surface area contributed by atoms with Crippen LogP contribution in [0.5, 0.6) is 0 Å². The first-order chi connectivity index (χ1) is 8.63. The zero-order valence-electron chi connectivity index (χ0n) is 11.6. The van der Waals surface area contributed by atoms with Crippen LogP contribution in [0.1, 0.15) is 19.4 Å². The first-order valence-electron chi connectivity index (χ1n) is 6.71. The molecule has 1 aliphatic heterocycles. The van der Waals surface area contributed by atoms with Crippen LogP contribution in [-0.2, 0) is 4.74 Å². The molecule has 0 bridgehead atoms. The van der Waals surface area contributed by atoms with Gasteiger partial charge in [-0.15, -0.1) is 11.8 Å². The van der Waals surface area contributed by atoms with Gasteiger partial charge in [0.1, 0.15) is 0 Å². The number of hydrogen-bond acceptors (Lipinski definition) is 3. The summed E-state index contributed by atoms with van der Waals surface area (Å²) in [6.45, 7) is 9.74. The fraction of sp³-hybridized carbons (Fsp3) is 0.600. The standard InChI is InChI=1S/C15H23NOS/c1-12-4-6-15(7-5-12)18-9-8-16-10-13(2)17-14(3)11-16/h4-7,13-14H,8-11H2,1-3H3. The van der Waals surface area contributed by atoms with E-state index in [0.29, 0.717) is 12.2 Å². The van der Waals surface area contributed by atoms with Gasteiger partial charge in [-0.1, -0.05) is 17.7 Å². The second-order valence-electron chi connectivity index (χ2n) is 5.18. The van der Waals surface area contributed by atoms with Crippen molar-refractivity contribution in [3.8, 4) is 0 Å². The van der Waals surface area contributed by atoms with Crippen LogP contribution >= 0.6 is 11.8 Å². The average molecular weight is 265 g/mol. The summed E-state index contributed by atoms with van der Waals surface area (Å²) in [6, 6.07) is 8.79. The maximum Gasteiger partial charge on any atom is 0.0678 e. The Morgan fingerprint density at radius 3 is 2.39 bits per heavy atom. The van der Waals surface area contributed by atoms with Crippen molar-refractivity contribution in [3.05, 3.63) is 29.8 Å². The fourth-order valence-corrected chi connectivity index (χ4v) is 3.31. The third-order valence-electron chi connectivity index (χ3n) is 3.19. The van der Waals surface area contributed by atoms with Crippen LogP contribution in [0.15, 0.2) is 29.2 Å². The Balaban J connectivity index is 1.73. The molecule has 1 aliphatic rings. The summed E-state index contributed by atoms with van der Waals surface area (Å²) >= 11 is 1.94. The molecule has 0 aromatic heterocycles. The molecular formula is C15H23NOS. The molecule has 1 fully saturated rings. The van der Waals surface area contributed by atoms with E-state index in [0.717, 1.165) is 25.4 Å². The van der Waals surface area contributed by atoms with Crippen LogP contribution in [0.25, 0.3) is 0 Å². The summed E-state index contributed by atoms with van der Waals surface area (Å²) in [6.07, 6.45) is 0.747. The largest absolute Gasteiger partial charge is 0.373 e. The minimum atomic E-state index is 0.373. The van der Waals surface area contributed by atoms with E-state index in [9.17, 15) is 0 Å². The lowest BCUT2D eigenvalue weighted by Gasteiger charge is -2.35. The van der Waals surface area contributed by atoms with Gasteiger partial charge in [-0.25, -0.2) is 0 Å². The fourth-order valence-electron chi connectivity index (χ4n) is 2.39. The maximum atomic E-state index is 5.75. The summed E-state index contributed by atoms with van der Waals surface area (Å²) in [5.74, 6) is 1.16. The Bertz CT molecular complexity index is 355. The quantitative estimate of drug-likeness (QED) is 0.776. The third kappa shape index (κ3) is 4.30. The van der Waals surface area contributed by atoms with E-state index in [4.69, 9.17) is 4.74 Å². The molecule has 1 aromatic carbocycles. The summed E-state index contributed by atoms with van der Waals surface area (Å²) in [4.78, 5) is 3.88. The van der Waals surface area contributed by atoms with Gasteiger partial charge >= 0.3 is 0 Å². The summed E-state index contributed by atoms with van der Waals surface area (Å²) in [7, 11) is 0. The first kappa shape index (κ1) is 13.9. The molecule has 0 N–H and O–H groups in total. The lowest BCUT2D eigenvalue weighted by atomic mass is 10.2. The Kier molecular flexibility index (Phi) is 5.10. The van der Waals surface area contributed by atoms with Crippen molar-refractivity contribution in [3.63, 3.8) is 0 Å².